The highest BCUT2D eigenvalue weighted by Gasteiger charge is 2.40. The lowest BCUT2D eigenvalue weighted by Gasteiger charge is -2.14. The van der Waals surface area contributed by atoms with Crippen molar-refractivity contribution in [1.82, 2.24) is 0 Å². The van der Waals surface area contributed by atoms with E-state index >= 15 is 0 Å². The van der Waals surface area contributed by atoms with E-state index in [1.54, 1.807) is 30.3 Å². The maximum absolute atomic E-state index is 13.8. The van der Waals surface area contributed by atoms with Gasteiger partial charge in [0.25, 0.3) is 5.76 Å². The lowest BCUT2D eigenvalue weighted by molar-refractivity contribution is -0.154. The number of benzene rings is 3. The lowest BCUT2D eigenvalue weighted by Crippen LogP contribution is -2.15. The first-order valence-corrected chi connectivity index (χ1v) is 10.4. The maximum Gasteiger partial charge on any atom is 0.453 e. The first-order chi connectivity index (χ1) is 17.2. The lowest BCUT2D eigenvalue weighted by atomic mass is 10.2. The van der Waals surface area contributed by atoms with Gasteiger partial charge in [-0.1, -0.05) is 24.3 Å². The van der Waals surface area contributed by atoms with Crippen LogP contribution in [0.4, 0.5) is 13.2 Å². The van der Waals surface area contributed by atoms with Gasteiger partial charge in [-0.05, 0) is 36.4 Å². The van der Waals surface area contributed by atoms with E-state index in [1.807, 2.05) is 0 Å². The van der Waals surface area contributed by atoms with E-state index in [0.717, 1.165) is 6.07 Å². The van der Waals surface area contributed by atoms with Crippen LogP contribution in [0.3, 0.4) is 0 Å². The molecule has 0 radical (unpaired) electrons. The molecule has 5 rings (SSSR count). The van der Waals surface area contributed by atoms with Gasteiger partial charge in [0.05, 0.1) is 12.5 Å². The third-order valence-corrected chi connectivity index (χ3v) is 5.18. The number of carbonyl (C=O) groups excluding carboxylic acids is 1. The SMILES string of the molecule is COc1cccc(Oc2c(C(F)(F)F)oc3cc(OC(=O)c4cc5ccccc5o4)ccc3c2=O)c1. The van der Waals surface area contributed by atoms with E-state index in [0.29, 0.717) is 16.7 Å². The van der Waals surface area contributed by atoms with E-state index in [2.05, 4.69) is 0 Å². The molecule has 0 N–H and O–H groups in total. The summed E-state index contributed by atoms with van der Waals surface area (Å²) in [5, 5.41) is 0.469. The first-order valence-electron chi connectivity index (χ1n) is 10.4. The minimum atomic E-state index is -5.05. The van der Waals surface area contributed by atoms with Gasteiger partial charge in [0.2, 0.25) is 16.9 Å². The van der Waals surface area contributed by atoms with E-state index in [9.17, 15) is 22.8 Å². The standard InChI is InChI=1S/C26H15F3O7/c1-32-15-6-4-7-16(12-15)33-23-22(30)18-10-9-17(13-20(18)36-24(23)26(27,28)29)34-25(31)21-11-14-5-2-3-8-19(14)35-21/h2-13H,1H3. The first kappa shape index (κ1) is 23.0. The molecule has 0 amide bonds. The number of rotatable bonds is 5. The third kappa shape index (κ3) is 4.36. The summed E-state index contributed by atoms with van der Waals surface area (Å²) in [4.78, 5) is 25.5. The number of alkyl halides is 3. The minimum absolute atomic E-state index is 0.0529. The summed E-state index contributed by atoms with van der Waals surface area (Å²) in [6, 6.07) is 17.6. The summed E-state index contributed by atoms with van der Waals surface area (Å²) in [6.45, 7) is 0. The number of halogens is 3. The van der Waals surface area contributed by atoms with Gasteiger partial charge in [-0.25, -0.2) is 4.79 Å². The number of hydrogen-bond donors (Lipinski definition) is 0. The van der Waals surface area contributed by atoms with Crippen LogP contribution in [0, 0.1) is 0 Å². The van der Waals surface area contributed by atoms with E-state index in [-0.39, 0.29) is 22.6 Å². The second-order valence-electron chi connectivity index (χ2n) is 7.56. The summed E-state index contributed by atoms with van der Waals surface area (Å²) in [5.74, 6) is -3.52. The van der Waals surface area contributed by atoms with Crippen LogP contribution in [0.1, 0.15) is 16.3 Å². The molecule has 0 aliphatic heterocycles. The summed E-state index contributed by atoms with van der Waals surface area (Å²) < 4.78 is 67.5. The van der Waals surface area contributed by atoms with Crippen molar-refractivity contribution in [2.24, 2.45) is 0 Å². The smallest absolute Gasteiger partial charge is 0.453 e. The molecule has 10 heteroatoms. The fraction of sp³-hybridized carbons (Fsp3) is 0.0769. The van der Waals surface area contributed by atoms with Gasteiger partial charge in [-0.2, -0.15) is 13.2 Å². The second kappa shape index (κ2) is 8.81. The molecular formula is C26H15F3O7. The van der Waals surface area contributed by atoms with Crippen LogP contribution in [0.5, 0.6) is 23.0 Å². The molecule has 0 saturated carbocycles. The van der Waals surface area contributed by atoms with Crippen molar-refractivity contribution in [3.05, 3.63) is 94.5 Å². The van der Waals surface area contributed by atoms with Crippen molar-refractivity contribution in [1.29, 1.82) is 0 Å². The van der Waals surface area contributed by atoms with Crippen molar-refractivity contribution in [3.63, 3.8) is 0 Å². The summed E-state index contributed by atoms with van der Waals surface area (Å²) in [6.07, 6.45) is -5.05. The van der Waals surface area contributed by atoms with Gasteiger partial charge in [0.15, 0.2) is 0 Å². The number of furan rings is 1. The van der Waals surface area contributed by atoms with Gasteiger partial charge in [-0.15, -0.1) is 0 Å². The number of fused-ring (bicyclic) bond motifs is 2. The largest absolute Gasteiger partial charge is 0.497 e. The topological polar surface area (TPSA) is 88.1 Å². The Bertz CT molecular complexity index is 1630. The Labute approximate surface area is 200 Å². The molecule has 3 aromatic carbocycles. The number of hydrogen-bond acceptors (Lipinski definition) is 7. The van der Waals surface area contributed by atoms with Gasteiger partial charge < -0.3 is 23.0 Å². The highest BCUT2D eigenvalue weighted by Crippen LogP contribution is 2.39. The van der Waals surface area contributed by atoms with Crippen LogP contribution in [-0.2, 0) is 6.18 Å². The molecular weight excluding hydrogens is 481 g/mol. The summed E-state index contributed by atoms with van der Waals surface area (Å²) in [7, 11) is 1.38. The van der Waals surface area contributed by atoms with Crippen LogP contribution >= 0.6 is 0 Å². The summed E-state index contributed by atoms with van der Waals surface area (Å²) in [5.41, 5.74) is -1.03. The molecule has 0 spiro atoms. The quantitative estimate of drug-likeness (QED) is 0.201. The predicted octanol–water partition coefficient (Wildman–Crippen LogP) is 6.58. The molecule has 0 bridgehead atoms. The molecule has 36 heavy (non-hydrogen) atoms. The third-order valence-electron chi connectivity index (χ3n) is 5.18. The number of carbonyl (C=O) groups is 1. The second-order valence-corrected chi connectivity index (χ2v) is 7.56. The predicted molar refractivity (Wildman–Crippen MR) is 122 cm³/mol. The van der Waals surface area contributed by atoms with Crippen LogP contribution < -0.4 is 19.6 Å². The molecule has 2 heterocycles. The molecule has 0 atom stereocenters. The van der Waals surface area contributed by atoms with Crippen molar-refractivity contribution in [2.75, 3.05) is 7.11 Å². The number of methoxy groups -OCH3 is 1. The Kier molecular flexibility index (Phi) is 5.63. The molecule has 2 aromatic heterocycles. The van der Waals surface area contributed by atoms with Crippen LogP contribution in [0.25, 0.3) is 21.9 Å². The summed E-state index contributed by atoms with van der Waals surface area (Å²) >= 11 is 0. The molecule has 0 fully saturated rings. The van der Waals surface area contributed by atoms with Gasteiger partial charge in [-0.3, -0.25) is 4.79 Å². The highest BCUT2D eigenvalue weighted by atomic mass is 19.4. The van der Waals surface area contributed by atoms with E-state index in [4.69, 9.17) is 23.0 Å². The Morgan fingerprint density at radius 1 is 0.833 bits per heavy atom. The highest BCUT2D eigenvalue weighted by molar-refractivity contribution is 5.94. The van der Waals surface area contributed by atoms with Crippen molar-refractivity contribution < 1.29 is 41.0 Å². The Morgan fingerprint density at radius 2 is 1.61 bits per heavy atom. The molecule has 7 nitrogen and oxygen atoms in total. The fourth-order valence-corrected chi connectivity index (χ4v) is 3.52. The zero-order valence-corrected chi connectivity index (χ0v) is 18.4. The minimum Gasteiger partial charge on any atom is -0.497 e. The Balaban J connectivity index is 1.52. The molecule has 0 unspecified atom stereocenters. The Morgan fingerprint density at radius 3 is 2.36 bits per heavy atom. The van der Waals surface area contributed by atoms with E-state index < -0.39 is 34.7 Å². The van der Waals surface area contributed by atoms with Gasteiger partial charge >= 0.3 is 12.1 Å². The van der Waals surface area contributed by atoms with Gasteiger partial charge in [0, 0.05) is 17.5 Å². The zero-order valence-electron chi connectivity index (χ0n) is 18.4. The number of para-hydroxylation sites is 1. The van der Waals surface area contributed by atoms with Crippen LogP contribution in [0.2, 0.25) is 0 Å². The molecule has 182 valence electrons. The molecule has 0 aliphatic carbocycles. The fourth-order valence-electron chi connectivity index (χ4n) is 3.52. The van der Waals surface area contributed by atoms with Crippen LogP contribution in [0.15, 0.2) is 86.4 Å². The van der Waals surface area contributed by atoms with Crippen molar-refractivity contribution in [3.8, 4) is 23.0 Å². The van der Waals surface area contributed by atoms with Crippen LogP contribution in [-0.4, -0.2) is 13.1 Å². The monoisotopic (exact) mass is 496 g/mol. The normalized spacial score (nSPS) is 11.6. The maximum atomic E-state index is 13.8. The van der Waals surface area contributed by atoms with E-state index in [1.165, 1.54) is 43.5 Å². The average molecular weight is 496 g/mol. The number of ether oxygens (including phenoxy) is 3. The van der Waals surface area contributed by atoms with Gasteiger partial charge in [0.1, 0.15) is 28.4 Å². The molecule has 5 aromatic rings. The van der Waals surface area contributed by atoms with Crippen molar-refractivity contribution >= 4 is 27.9 Å². The number of esters is 1. The molecule has 0 saturated heterocycles. The molecule has 0 aliphatic rings. The Hall–Kier alpha value is -4.73. The zero-order chi connectivity index (χ0) is 25.4. The van der Waals surface area contributed by atoms with Crippen molar-refractivity contribution in [2.45, 2.75) is 6.18 Å². The average Bonchev–Trinajstić information content (AvgIpc) is 3.30.